The number of halogens is 1. The van der Waals surface area contributed by atoms with Gasteiger partial charge in [0.05, 0.1) is 18.6 Å². The van der Waals surface area contributed by atoms with Crippen LogP contribution in [0.2, 0.25) is 5.02 Å². The van der Waals surface area contributed by atoms with E-state index >= 15 is 0 Å². The van der Waals surface area contributed by atoms with Crippen LogP contribution in [0.5, 0.6) is 0 Å². The summed E-state index contributed by atoms with van der Waals surface area (Å²) in [5.41, 5.74) is 0.774. The Morgan fingerprint density at radius 3 is 2.67 bits per heavy atom. The summed E-state index contributed by atoms with van der Waals surface area (Å²) in [7, 11) is 1.47. The van der Waals surface area contributed by atoms with Crippen molar-refractivity contribution in [3.63, 3.8) is 0 Å². The second kappa shape index (κ2) is 7.36. The summed E-state index contributed by atoms with van der Waals surface area (Å²) in [5, 5.41) is 19.3. The third-order valence-electron chi connectivity index (χ3n) is 2.69. The van der Waals surface area contributed by atoms with Gasteiger partial charge in [0.1, 0.15) is 0 Å². The predicted molar refractivity (Wildman–Crippen MR) is 68.8 cm³/mol. The number of aliphatic carboxylic acids is 1. The number of carbonyl (C=O) groups is 1. The van der Waals surface area contributed by atoms with Crippen molar-refractivity contribution in [1.29, 1.82) is 0 Å². The van der Waals surface area contributed by atoms with E-state index in [4.69, 9.17) is 21.4 Å². The highest BCUT2D eigenvalue weighted by atomic mass is 35.5. The van der Waals surface area contributed by atoms with Gasteiger partial charge in [0.2, 0.25) is 0 Å². The number of hydrogen-bond acceptors (Lipinski definition) is 3. The lowest BCUT2D eigenvalue weighted by atomic mass is 9.94. The lowest BCUT2D eigenvalue weighted by molar-refractivity contribution is -0.143. The molecule has 2 atom stereocenters. The third kappa shape index (κ3) is 4.64. The van der Waals surface area contributed by atoms with Crippen molar-refractivity contribution in [2.45, 2.75) is 18.9 Å². The number of aliphatic hydroxyl groups is 1. The van der Waals surface area contributed by atoms with Gasteiger partial charge in [-0.3, -0.25) is 4.79 Å². The quantitative estimate of drug-likeness (QED) is 0.796. The number of ether oxygens (including phenoxy) is 1. The van der Waals surface area contributed by atoms with Gasteiger partial charge in [-0.2, -0.15) is 0 Å². The van der Waals surface area contributed by atoms with E-state index in [0.29, 0.717) is 11.4 Å². The zero-order valence-electron chi connectivity index (χ0n) is 10.2. The monoisotopic (exact) mass is 272 g/mol. The predicted octanol–water partition coefficient (Wildman–Crippen LogP) is 1.98. The Hall–Kier alpha value is -1.10. The van der Waals surface area contributed by atoms with Crippen LogP contribution in [0, 0.1) is 5.92 Å². The molecular formula is C13H17ClO4. The first-order chi connectivity index (χ1) is 8.54. The number of methoxy groups -OCH3 is 1. The van der Waals surface area contributed by atoms with Gasteiger partial charge >= 0.3 is 5.97 Å². The van der Waals surface area contributed by atoms with Gasteiger partial charge in [0.25, 0.3) is 0 Å². The minimum atomic E-state index is -0.940. The number of rotatable bonds is 7. The Balaban J connectivity index is 2.69. The van der Waals surface area contributed by atoms with Crippen LogP contribution in [-0.4, -0.2) is 36.0 Å². The molecule has 1 rings (SSSR count). The molecule has 0 saturated heterocycles. The second-order valence-corrected chi connectivity index (χ2v) is 4.58. The fourth-order valence-corrected chi connectivity index (χ4v) is 2.00. The van der Waals surface area contributed by atoms with Crippen molar-refractivity contribution < 1.29 is 19.7 Å². The standard InChI is InChI=1S/C13H17ClO4/c1-18-8-11(15)7-10(13(16)17)6-9-4-2-3-5-12(9)14/h2-5,10-11,15H,6-8H2,1H3,(H,16,17). The van der Waals surface area contributed by atoms with E-state index in [1.165, 1.54) is 7.11 Å². The maximum Gasteiger partial charge on any atom is 0.306 e. The largest absolute Gasteiger partial charge is 0.481 e. The van der Waals surface area contributed by atoms with Crippen molar-refractivity contribution in [3.8, 4) is 0 Å². The van der Waals surface area contributed by atoms with Crippen LogP contribution in [-0.2, 0) is 16.0 Å². The summed E-state index contributed by atoms with van der Waals surface area (Å²) < 4.78 is 4.79. The van der Waals surface area contributed by atoms with Gasteiger partial charge in [0, 0.05) is 12.1 Å². The molecule has 100 valence electrons. The fraction of sp³-hybridized carbons (Fsp3) is 0.462. The molecule has 18 heavy (non-hydrogen) atoms. The minimum Gasteiger partial charge on any atom is -0.481 e. The van der Waals surface area contributed by atoms with Crippen molar-refractivity contribution in [2.75, 3.05) is 13.7 Å². The molecule has 0 spiro atoms. The summed E-state index contributed by atoms with van der Waals surface area (Å²) in [6.07, 6.45) is -0.330. The lowest BCUT2D eigenvalue weighted by Gasteiger charge is -2.16. The van der Waals surface area contributed by atoms with E-state index in [9.17, 15) is 9.90 Å². The molecule has 2 unspecified atom stereocenters. The first-order valence-corrected chi connectivity index (χ1v) is 6.05. The van der Waals surface area contributed by atoms with Crippen LogP contribution >= 0.6 is 11.6 Å². The smallest absolute Gasteiger partial charge is 0.306 e. The van der Waals surface area contributed by atoms with Crippen LogP contribution in [0.15, 0.2) is 24.3 Å². The lowest BCUT2D eigenvalue weighted by Crippen LogP contribution is -2.25. The van der Waals surface area contributed by atoms with Crippen LogP contribution in [0.25, 0.3) is 0 Å². The second-order valence-electron chi connectivity index (χ2n) is 4.18. The highest BCUT2D eigenvalue weighted by molar-refractivity contribution is 6.31. The minimum absolute atomic E-state index is 0.131. The molecule has 1 aromatic rings. The Labute approximate surface area is 111 Å². The summed E-state index contributed by atoms with van der Waals surface area (Å²) >= 11 is 5.99. The highest BCUT2D eigenvalue weighted by Gasteiger charge is 2.22. The van der Waals surface area contributed by atoms with Gasteiger partial charge < -0.3 is 14.9 Å². The molecule has 2 N–H and O–H groups in total. The molecule has 0 heterocycles. The number of carboxylic acids is 1. The van der Waals surface area contributed by atoms with Gasteiger partial charge in [-0.25, -0.2) is 0 Å². The van der Waals surface area contributed by atoms with Crippen LogP contribution < -0.4 is 0 Å². The average Bonchev–Trinajstić information content (AvgIpc) is 2.31. The van der Waals surface area contributed by atoms with Gasteiger partial charge in [-0.05, 0) is 24.5 Å². The molecule has 1 aromatic carbocycles. The molecule has 0 aliphatic carbocycles. The third-order valence-corrected chi connectivity index (χ3v) is 3.06. The average molecular weight is 273 g/mol. The summed E-state index contributed by atoms with van der Waals surface area (Å²) in [4.78, 5) is 11.2. The molecule has 0 aliphatic heterocycles. The zero-order valence-corrected chi connectivity index (χ0v) is 10.9. The van der Waals surface area contributed by atoms with E-state index in [0.717, 1.165) is 5.56 Å². The molecule has 5 heteroatoms. The summed E-state index contributed by atoms with van der Waals surface area (Å²) in [5.74, 6) is -1.61. The van der Waals surface area contributed by atoms with Crippen LogP contribution in [0.4, 0.5) is 0 Å². The van der Waals surface area contributed by atoms with Gasteiger partial charge in [0.15, 0.2) is 0 Å². The molecule has 0 bridgehead atoms. The number of carboxylic acid groups (broad SMARTS) is 1. The van der Waals surface area contributed by atoms with Crippen molar-refractivity contribution in [1.82, 2.24) is 0 Å². The van der Waals surface area contributed by atoms with Gasteiger partial charge in [-0.1, -0.05) is 29.8 Å². The molecule has 0 amide bonds. The summed E-state index contributed by atoms with van der Waals surface area (Å²) in [6.45, 7) is 0.131. The molecule has 4 nitrogen and oxygen atoms in total. The SMILES string of the molecule is COCC(O)CC(Cc1ccccc1Cl)C(=O)O. The Morgan fingerprint density at radius 1 is 1.44 bits per heavy atom. The van der Waals surface area contributed by atoms with E-state index in [1.54, 1.807) is 18.2 Å². The molecule has 0 aliphatic rings. The molecule has 0 aromatic heterocycles. The normalized spacial score (nSPS) is 14.2. The molecule has 0 fully saturated rings. The first-order valence-electron chi connectivity index (χ1n) is 5.67. The van der Waals surface area contributed by atoms with E-state index < -0.39 is 18.0 Å². The highest BCUT2D eigenvalue weighted by Crippen LogP contribution is 2.21. The number of benzene rings is 1. The van der Waals surface area contributed by atoms with Crippen LogP contribution in [0.3, 0.4) is 0 Å². The molecule has 0 saturated carbocycles. The number of aliphatic hydroxyl groups excluding tert-OH is 1. The number of hydrogen-bond donors (Lipinski definition) is 2. The molecular weight excluding hydrogens is 256 g/mol. The Bertz CT molecular complexity index is 394. The van der Waals surface area contributed by atoms with Gasteiger partial charge in [-0.15, -0.1) is 0 Å². The topological polar surface area (TPSA) is 66.8 Å². The Morgan fingerprint density at radius 2 is 2.11 bits per heavy atom. The fourth-order valence-electron chi connectivity index (χ4n) is 1.79. The molecule has 0 radical (unpaired) electrons. The van der Waals surface area contributed by atoms with Crippen molar-refractivity contribution in [3.05, 3.63) is 34.9 Å². The van der Waals surface area contributed by atoms with E-state index in [1.807, 2.05) is 6.07 Å². The summed E-state index contributed by atoms with van der Waals surface area (Å²) in [6, 6.07) is 7.12. The maximum absolute atomic E-state index is 11.2. The van der Waals surface area contributed by atoms with E-state index in [-0.39, 0.29) is 13.0 Å². The first kappa shape index (κ1) is 15.0. The zero-order chi connectivity index (χ0) is 13.5. The van der Waals surface area contributed by atoms with Crippen molar-refractivity contribution in [2.24, 2.45) is 5.92 Å². The Kier molecular flexibility index (Phi) is 6.12. The van der Waals surface area contributed by atoms with Crippen LogP contribution in [0.1, 0.15) is 12.0 Å². The maximum atomic E-state index is 11.2. The van der Waals surface area contributed by atoms with E-state index in [2.05, 4.69) is 0 Å². The van der Waals surface area contributed by atoms with Crippen molar-refractivity contribution >= 4 is 17.6 Å².